The van der Waals surface area contributed by atoms with E-state index in [4.69, 9.17) is 0 Å². The van der Waals surface area contributed by atoms with Gasteiger partial charge in [0.15, 0.2) is 0 Å². The molecule has 6 heteroatoms. The Hall–Kier alpha value is -2.63. The largest absolute Gasteiger partial charge is 0.478 e. The number of hydrogen-bond donors (Lipinski definition) is 1. The van der Waals surface area contributed by atoms with Crippen molar-refractivity contribution < 1.29 is 14.7 Å². The average molecular weight is 353 g/mol. The van der Waals surface area contributed by atoms with Crippen LogP contribution in [0.2, 0.25) is 0 Å². The van der Waals surface area contributed by atoms with E-state index in [2.05, 4.69) is 17.2 Å². The van der Waals surface area contributed by atoms with Crippen molar-refractivity contribution in [2.24, 2.45) is 0 Å². The Morgan fingerprint density at radius 1 is 1.15 bits per heavy atom. The molecule has 0 bridgehead atoms. The first kappa shape index (κ1) is 16.8. The molecular weight excluding hydrogens is 330 g/mol. The molecule has 0 spiro atoms. The lowest BCUT2D eigenvalue weighted by molar-refractivity contribution is -0.134. The molecule has 1 aliphatic carbocycles. The molecule has 136 valence electrons. The number of aromatic nitrogens is 2. The standard InChI is InChI=1S/C20H23N3O3/c1-13-18(20(25)26)12-21-23(13)15-8-10-22(11-9-15)19(24)17-7-6-14-4-2-3-5-16(14)17/h2-5,12,15,17H,6-11H2,1H3,(H,25,26). The van der Waals surface area contributed by atoms with Crippen LogP contribution in [0.5, 0.6) is 0 Å². The summed E-state index contributed by atoms with van der Waals surface area (Å²) in [6.07, 6.45) is 4.92. The number of nitrogens with zero attached hydrogens (tertiary/aromatic N) is 3. The maximum absolute atomic E-state index is 13.0. The van der Waals surface area contributed by atoms with Gasteiger partial charge in [0.1, 0.15) is 5.56 Å². The van der Waals surface area contributed by atoms with Gasteiger partial charge in [-0.15, -0.1) is 0 Å². The van der Waals surface area contributed by atoms with Gasteiger partial charge in [-0.25, -0.2) is 4.79 Å². The fourth-order valence-corrected chi connectivity index (χ4v) is 4.37. The van der Waals surface area contributed by atoms with E-state index in [0.29, 0.717) is 18.8 Å². The molecule has 2 aromatic rings. The fourth-order valence-electron chi connectivity index (χ4n) is 4.37. The number of carbonyl (C=O) groups excluding carboxylic acids is 1. The van der Waals surface area contributed by atoms with E-state index < -0.39 is 5.97 Å². The molecule has 1 aromatic carbocycles. The average Bonchev–Trinajstić information content (AvgIpc) is 3.25. The smallest absolute Gasteiger partial charge is 0.339 e. The van der Waals surface area contributed by atoms with Gasteiger partial charge in [0.05, 0.1) is 23.9 Å². The summed E-state index contributed by atoms with van der Waals surface area (Å²) in [5, 5.41) is 13.5. The first-order chi connectivity index (χ1) is 12.6. The summed E-state index contributed by atoms with van der Waals surface area (Å²) >= 11 is 0. The molecule has 1 aliphatic heterocycles. The minimum Gasteiger partial charge on any atom is -0.478 e. The van der Waals surface area contributed by atoms with E-state index in [1.807, 2.05) is 21.7 Å². The summed E-state index contributed by atoms with van der Waals surface area (Å²) in [5.74, 6) is -0.717. The van der Waals surface area contributed by atoms with Crippen LogP contribution in [-0.2, 0) is 11.2 Å². The van der Waals surface area contributed by atoms with Crippen molar-refractivity contribution in [3.63, 3.8) is 0 Å². The highest BCUT2D eigenvalue weighted by Gasteiger charge is 2.34. The number of piperidine rings is 1. The zero-order valence-corrected chi connectivity index (χ0v) is 14.9. The number of rotatable bonds is 3. The molecule has 2 aliphatic rings. The Bertz CT molecular complexity index is 850. The van der Waals surface area contributed by atoms with Crippen LogP contribution in [0, 0.1) is 6.92 Å². The SMILES string of the molecule is Cc1c(C(=O)O)cnn1C1CCN(C(=O)C2CCc3ccccc32)CC1. The molecule has 4 rings (SSSR count). The minimum atomic E-state index is -0.943. The number of fused-ring (bicyclic) bond motifs is 1. The van der Waals surface area contributed by atoms with E-state index in [0.717, 1.165) is 25.7 Å². The molecule has 1 N–H and O–H groups in total. The number of amides is 1. The summed E-state index contributed by atoms with van der Waals surface area (Å²) in [7, 11) is 0. The summed E-state index contributed by atoms with van der Waals surface area (Å²) in [5.41, 5.74) is 3.43. The Balaban J connectivity index is 1.43. The lowest BCUT2D eigenvalue weighted by atomic mass is 9.97. The Kier molecular flexibility index (Phi) is 4.26. The number of benzene rings is 1. The fraction of sp³-hybridized carbons (Fsp3) is 0.450. The van der Waals surface area contributed by atoms with Crippen molar-refractivity contribution in [3.05, 3.63) is 52.8 Å². The number of carboxylic acid groups (broad SMARTS) is 1. The monoisotopic (exact) mass is 353 g/mol. The molecule has 1 amide bonds. The van der Waals surface area contributed by atoms with Crippen molar-refractivity contribution in [3.8, 4) is 0 Å². The maximum atomic E-state index is 13.0. The summed E-state index contributed by atoms with van der Waals surface area (Å²) < 4.78 is 1.82. The van der Waals surface area contributed by atoms with E-state index >= 15 is 0 Å². The zero-order valence-electron chi connectivity index (χ0n) is 14.9. The number of hydrogen-bond acceptors (Lipinski definition) is 3. The van der Waals surface area contributed by atoms with Gasteiger partial charge in [0, 0.05) is 13.1 Å². The lowest BCUT2D eigenvalue weighted by Crippen LogP contribution is -2.41. The predicted molar refractivity (Wildman–Crippen MR) is 96.3 cm³/mol. The van der Waals surface area contributed by atoms with Gasteiger partial charge in [-0.05, 0) is 43.7 Å². The Labute approximate surface area is 152 Å². The minimum absolute atomic E-state index is 0.00666. The van der Waals surface area contributed by atoms with Crippen LogP contribution in [0.15, 0.2) is 30.5 Å². The van der Waals surface area contributed by atoms with Crippen LogP contribution in [0.3, 0.4) is 0 Å². The molecular formula is C20H23N3O3. The van der Waals surface area contributed by atoms with Crippen molar-refractivity contribution in [1.29, 1.82) is 0 Å². The predicted octanol–water partition coefficient (Wildman–Crippen LogP) is 2.78. The normalized spacial score (nSPS) is 20.2. The maximum Gasteiger partial charge on any atom is 0.339 e. The van der Waals surface area contributed by atoms with Gasteiger partial charge < -0.3 is 10.0 Å². The molecule has 1 atom stereocenters. The zero-order chi connectivity index (χ0) is 18.3. The molecule has 0 saturated carbocycles. The molecule has 6 nitrogen and oxygen atoms in total. The summed E-state index contributed by atoms with van der Waals surface area (Å²) in [4.78, 5) is 26.2. The Morgan fingerprint density at radius 2 is 1.88 bits per heavy atom. The molecule has 1 saturated heterocycles. The highest BCUT2D eigenvalue weighted by Crippen LogP contribution is 2.35. The van der Waals surface area contributed by atoms with Gasteiger partial charge in [-0.2, -0.15) is 5.10 Å². The third-order valence-electron chi connectivity index (χ3n) is 5.83. The van der Waals surface area contributed by atoms with Gasteiger partial charge in [-0.1, -0.05) is 24.3 Å². The second-order valence-electron chi connectivity index (χ2n) is 7.24. The van der Waals surface area contributed by atoms with Gasteiger partial charge >= 0.3 is 5.97 Å². The van der Waals surface area contributed by atoms with Crippen molar-refractivity contribution in [2.45, 2.75) is 44.6 Å². The number of aromatic carboxylic acids is 1. The first-order valence-electron chi connectivity index (χ1n) is 9.20. The molecule has 26 heavy (non-hydrogen) atoms. The molecule has 1 aromatic heterocycles. The highest BCUT2D eigenvalue weighted by atomic mass is 16.4. The molecule has 2 heterocycles. The second kappa shape index (κ2) is 6.59. The van der Waals surface area contributed by atoms with E-state index in [-0.39, 0.29) is 23.4 Å². The lowest BCUT2D eigenvalue weighted by Gasteiger charge is -2.34. The molecule has 1 unspecified atom stereocenters. The summed E-state index contributed by atoms with van der Waals surface area (Å²) in [6, 6.07) is 8.41. The first-order valence-corrected chi connectivity index (χ1v) is 9.20. The third-order valence-corrected chi connectivity index (χ3v) is 5.83. The second-order valence-corrected chi connectivity index (χ2v) is 7.24. The molecule has 1 fully saturated rings. The third kappa shape index (κ3) is 2.79. The summed E-state index contributed by atoms with van der Waals surface area (Å²) in [6.45, 7) is 3.19. The van der Waals surface area contributed by atoms with Gasteiger partial charge in [-0.3, -0.25) is 9.48 Å². The van der Waals surface area contributed by atoms with Crippen molar-refractivity contribution in [1.82, 2.24) is 14.7 Å². The topological polar surface area (TPSA) is 75.4 Å². The van der Waals surface area contributed by atoms with E-state index in [1.165, 1.54) is 17.3 Å². The van der Waals surface area contributed by atoms with Crippen LogP contribution in [-0.4, -0.2) is 44.8 Å². The van der Waals surface area contributed by atoms with E-state index in [1.54, 1.807) is 6.92 Å². The number of carboxylic acids is 1. The van der Waals surface area contributed by atoms with Crippen LogP contribution >= 0.6 is 0 Å². The van der Waals surface area contributed by atoms with Crippen LogP contribution in [0.25, 0.3) is 0 Å². The molecule has 0 radical (unpaired) electrons. The Morgan fingerprint density at radius 3 is 2.58 bits per heavy atom. The highest BCUT2D eigenvalue weighted by molar-refractivity contribution is 5.88. The number of carbonyl (C=O) groups is 2. The van der Waals surface area contributed by atoms with Crippen molar-refractivity contribution >= 4 is 11.9 Å². The van der Waals surface area contributed by atoms with Gasteiger partial charge in [0.25, 0.3) is 0 Å². The van der Waals surface area contributed by atoms with Crippen molar-refractivity contribution in [2.75, 3.05) is 13.1 Å². The number of likely N-dealkylation sites (tertiary alicyclic amines) is 1. The van der Waals surface area contributed by atoms with E-state index in [9.17, 15) is 14.7 Å². The van der Waals surface area contributed by atoms with Crippen LogP contribution in [0.1, 0.15) is 58.4 Å². The number of aryl methyl sites for hydroxylation is 1. The quantitative estimate of drug-likeness (QED) is 0.921. The van der Waals surface area contributed by atoms with Gasteiger partial charge in [0.2, 0.25) is 5.91 Å². The van der Waals surface area contributed by atoms with Crippen LogP contribution in [0.4, 0.5) is 0 Å². The van der Waals surface area contributed by atoms with Crippen LogP contribution < -0.4 is 0 Å².